The van der Waals surface area contributed by atoms with Crippen LogP contribution in [0.5, 0.6) is 0 Å². The van der Waals surface area contributed by atoms with Crippen molar-refractivity contribution in [3.8, 4) is 0 Å². The fourth-order valence-electron chi connectivity index (χ4n) is 1.82. The molecule has 0 aromatic heterocycles. The minimum atomic E-state index is -0.678. The zero-order valence-electron chi connectivity index (χ0n) is 11.3. The van der Waals surface area contributed by atoms with Crippen molar-refractivity contribution >= 4 is 11.8 Å². The van der Waals surface area contributed by atoms with E-state index in [4.69, 9.17) is 0 Å². The van der Waals surface area contributed by atoms with Gasteiger partial charge in [-0.1, -0.05) is 29.5 Å². The van der Waals surface area contributed by atoms with Crippen LogP contribution in [-0.2, 0) is 0 Å². The molecule has 0 spiro atoms. The Labute approximate surface area is 117 Å². The highest BCUT2D eigenvalue weighted by atomic mass is 32.2. The molecule has 0 aliphatic carbocycles. The Bertz CT molecular complexity index is 576. The number of hydrogen-bond acceptors (Lipinski definition) is 2. The third-order valence-corrected chi connectivity index (χ3v) is 4.07. The number of hydrogen-bond donors (Lipinski definition) is 1. The quantitative estimate of drug-likeness (QED) is 0.880. The van der Waals surface area contributed by atoms with Gasteiger partial charge in [-0.3, -0.25) is 0 Å². The molecule has 1 atom stereocenters. The van der Waals surface area contributed by atoms with E-state index in [9.17, 15) is 9.50 Å². The number of benzene rings is 2. The number of aliphatic hydroxyl groups excluding tert-OH is 1. The van der Waals surface area contributed by atoms with E-state index in [2.05, 4.69) is 0 Å². The summed E-state index contributed by atoms with van der Waals surface area (Å²) in [7, 11) is 0. The molecule has 100 valence electrons. The van der Waals surface area contributed by atoms with Crippen molar-refractivity contribution in [3.63, 3.8) is 0 Å². The largest absolute Gasteiger partial charge is 0.389 e. The molecule has 0 bridgehead atoms. The van der Waals surface area contributed by atoms with E-state index in [1.165, 1.54) is 11.6 Å². The van der Waals surface area contributed by atoms with Crippen LogP contribution in [0.2, 0.25) is 0 Å². The van der Waals surface area contributed by atoms with Gasteiger partial charge in [0.15, 0.2) is 0 Å². The molecule has 2 aromatic rings. The monoisotopic (exact) mass is 276 g/mol. The topological polar surface area (TPSA) is 20.2 Å². The summed E-state index contributed by atoms with van der Waals surface area (Å²) in [6, 6.07) is 11.4. The maximum absolute atomic E-state index is 13.6. The summed E-state index contributed by atoms with van der Waals surface area (Å²) in [6.07, 6.45) is -0.678. The second-order valence-electron chi connectivity index (χ2n) is 4.73. The standard InChI is InChI=1S/C16H17FOS/c1-10-4-6-13(7-5-10)19-16-8-11(2)15(17)9-14(16)12(3)18/h4-9,12,18H,1-3H3/t12-/m0/s1. The summed E-state index contributed by atoms with van der Waals surface area (Å²) in [5.74, 6) is -0.274. The van der Waals surface area contributed by atoms with Gasteiger partial charge in [0.05, 0.1) is 6.10 Å². The Morgan fingerprint density at radius 1 is 1.11 bits per heavy atom. The molecular weight excluding hydrogens is 259 g/mol. The zero-order chi connectivity index (χ0) is 14.0. The van der Waals surface area contributed by atoms with Crippen LogP contribution in [0.25, 0.3) is 0 Å². The van der Waals surface area contributed by atoms with E-state index in [1.807, 2.05) is 31.2 Å². The van der Waals surface area contributed by atoms with Crippen LogP contribution < -0.4 is 0 Å². The van der Waals surface area contributed by atoms with E-state index in [0.29, 0.717) is 11.1 Å². The lowest BCUT2D eigenvalue weighted by atomic mass is 10.1. The van der Waals surface area contributed by atoms with Crippen LogP contribution in [0.15, 0.2) is 46.2 Å². The normalized spacial score (nSPS) is 12.5. The molecule has 1 N–H and O–H groups in total. The Kier molecular flexibility index (Phi) is 4.27. The van der Waals surface area contributed by atoms with E-state index in [-0.39, 0.29) is 5.82 Å². The summed E-state index contributed by atoms with van der Waals surface area (Å²) < 4.78 is 13.6. The highest BCUT2D eigenvalue weighted by Gasteiger charge is 2.12. The van der Waals surface area contributed by atoms with Crippen LogP contribution in [-0.4, -0.2) is 5.11 Å². The molecule has 2 rings (SSSR count). The summed E-state index contributed by atoms with van der Waals surface area (Å²) in [5.41, 5.74) is 2.43. The molecule has 1 nitrogen and oxygen atoms in total. The lowest BCUT2D eigenvalue weighted by Gasteiger charge is -2.13. The second kappa shape index (κ2) is 5.76. The maximum Gasteiger partial charge on any atom is 0.126 e. The Morgan fingerprint density at radius 2 is 1.74 bits per heavy atom. The van der Waals surface area contributed by atoms with Gasteiger partial charge in [0.2, 0.25) is 0 Å². The van der Waals surface area contributed by atoms with Gasteiger partial charge < -0.3 is 5.11 Å². The van der Waals surface area contributed by atoms with Gasteiger partial charge in [0.25, 0.3) is 0 Å². The van der Waals surface area contributed by atoms with Crippen molar-refractivity contribution in [2.24, 2.45) is 0 Å². The zero-order valence-corrected chi connectivity index (χ0v) is 12.1. The van der Waals surface area contributed by atoms with Gasteiger partial charge in [-0.2, -0.15) is 0 Å². The fourth-order valence-corrected chi connectivity index (χ4v) is 2.93. The molecule has 2 aromatic carbocycles. The second-order valence-corrected chi connectivity index (χ2v) is 5.85. The van der Waals surface area contributed by atoms with Crippen LogP contribution in [0.3, 0.4) is 0 Å². The molecule has 3 heteroatoms. The van der Waals surface area contributed by atoms with Crippen molar-refractivity contribution < 1.29 is 9.50 Å². The first-order chi connectivity index (χ1) is 8.97. The van der Waals surface area contributed by atoms with Gasteiger partial charge in [-0.25, -0.2) is 4.39 Å². The Hall–Kier alpha value is -1.32. The molecule has 19 heavy (non-hydrogen) atoms. The van der Waals surface area contributed by atoms with Crippen molar-refractivity contribution in [2.45, 2.75) is 36.7 Å². The van der Waals surface area contributed by atoms with E-state index in [0.717, 1.165) is 9.79 Å². The van der Waals surface area contributed by atoms with Crippen molar-refractivity contribution in [3.05, 3.63) is 58.9 Å². The summed E-state index contributed by atoms with van der Waals surface area (Å²) in [4.78, 5) is 1.98. The highest BCUT2D eigenvalue weighted by Crippen LogP contribution is 2.35. The molecule has 0 aliphatic heterocycles. The first kappa shape index (κ1) is 14.1. The third kappa shape index (κ3) is 3.37. The summed E-state index contributed by atoms with van der Waals surface area (Å²) >= 11 is 1.55. The highest BCUT2D eigenvalue weighted by molar-refractivity contribution is 7.99. The number of rotatable bonds is 3. The average Bonchev–Trinajstić information content (AvgIpc) is 2.36. The van der Waals surface area contributed by atoms with Crippen LogP contribution in [0, 0.1) is 19.7 Å². The van der Waals surface area contributed by atoms with Gasteiger partial charge >= 0.3 is 0 Å². The Balaban J connectivity index is 2.38. The third-order valence-electron chi connectivity index (χ3n) is 2.99. The first-order valence-corrected chi connectivity index (χ1v) is 7.01. The smallest absolute Gasteiger partial charge is 0.126 e. The van der Waals surface area contributed by atoms with E-state index in [1.54, 1.807) is 31.7 Å². The maximum atomic E-state index is 13.6. The number of halogens is 1. The molecule has 0 unspecified atom stereocenters. The summed E-state index contributed by atoms with van der Waals surface area (Å²) in [5, 5.41) is 9.76. The SMILES string of the molecule is Cc1ccc(Sc2cc(C)c(F)cc2[C@H](C)O)cc1. The van der Waals surface area contributed by atoms with Gasteiger partial charge in [0.1, 0.15) is 5.82 Å². The summed E-state index contributed by atoms with van der Waals surface area (Å²) in [6.45, 7) is 5.43. The molecule has 0 aliphatic rings. The van der Waals surface area contributed by atoms with Crippen LogP contribution in [0.4, 0.5) is 4.39 Å². The van der Waals surface area contributed by atoms with Gasteiger partial charge in [0, 0.05) is 9.79 Å². The van der Waals surface area contributed by atoms with E-state index < -0.39 is 6.10 Å². The van der Waals surface area contributed by atoms with Crippen LogP contribution in [0.1, 0.15) is 29.7 Å². The van der Waals surface area contributed by atoms with Crippen molar-refractivity contribution in [2.75, 3.05) is 0 Å². The molecule has 0 saturated carbocycles. The molecule has 0 heterocycles. The number of aryl methyl sites for hydroxylation is 2. The Morgan fingerprint density at radius 3 is 2.32 bits per heavy atom. The molecule has 0 saturated heterocycles. The van der Waals surface area contributed by atoms with Gasteiger partial charge in [-0.15, -0.1) is 0 Å². The minimum Gasteiger partial charge on any atom is -0.389 e. The fraction of sp³-hybridized carbons (Fsp3) is 0.250. The lowest BCUT2D eigenvalue weighted by Crippen LogP contribution is -1.97. The van der Waals surface area contributed by atoms with Crippen LogP contribution >= 0.6 is 11.8 Å². The van der Waals surface area contributed by atoms with Crippen molar-refractivity contribution in [1.29, 1.82) is 0 Å². The first-order valence-electron chi connectivity index (χ1n) is 6.20. The molecule has 0 amide bonds. The van der Waals surface area contributed by atoms with Crippen molar-refractivity contribution in [1.82, 2.24) is 0 Å². The molecule has 0 fully saturated rings. The molecular formula is C16H17FOS. The predicted octanol–water partition coefficient (Wildman–Crippen LogP) is 4.65. The average molecular weight is 276 g/mol. The minimum absolute atomic E-state index is 0.274. The van der Waals surface area contributed by atoms with Gasteiger partial charge in [-0.05, 0) is 56.2 Å². The molecule has 0 radical (unpaired) electrons. The van der Waals surface area contributed by atoms with E-state index >= 15 is 0 Å². The lowest BCUT2D eigenvalue weighted by molar-refractivity contribution is 0.196. The predicted molar refractivity (Wildman–Crippen MR) is 77.1 cm³/mol. The number of aliphatic hydroxyl groups is 1.